The number of nitrogens with zero attached hydrogens (tertiary/aromatic N) is 3. The Bertz CT molecular complexity index is 1130. The average Bonchev–Trinajstić information content (AvgIpc) is 3.21. The molecule has 0 radical (unpaired) electrons. The molecule has 148 valence electrons. The summed E-state index contributed by atoms with van der Waals surface area (Å²) in [5.41, 5.74) is 2.10. The lowest BCUT2D eigenvalue weighted by Gasteiger charge is -2.18. The highest BCUT2D eigenvalue weighted by atomic mass is 16.5. The van der Waals surface area contributed by atoms with Crippen LogP contribution in [0.25, 0.3) is 10.9 Å². The van der Waals surface area contributed by atoms with Crippen molar-refractivity contribution in [3.05, 3.63) is 82.4 Å². The first-order valence-corrected chi connectivity index (χ1v) is 9.68. The number of amides is 1. The summed E-state index contributed by atoms with van der Waals surface area (Å²) in [4.78, 5) is 31.7. The fourth-order valence-corrected chi connectivity index (χ4v) is 3.63. The summed E-state index contributed by atoms with van der Waals surface area (Å²) < 4.78 is 7.22. The highest BCUT2D eigenvalue weighted by Crippen LogP contribution is 2.18. The molecule has 4 rings (SSSR count). The van der Waals surface area contributed by atoms with Crippen LogP contribution in [0.15, 0.2) is 59.9 Å². The van der Waals surface area contributed by atoms with Crippen LogP contribution < -0.4 is 10.3 Å². The third kappa shape index (κ3) is 3.78. The number of hydrogen-bond acceptors (Lipinski definition) is 4. The van der Waals surface area contributed by atoms with Gasteiger partial charge in [-0.1, -0.05) is 24.8 Å². The van der Waals surface area contributed by atoms with E-state index in [9.17, 15) is 9.59 Å². The Morgan fingerprint density at radius 1 is 1.28 bits per heavy atom. The van der Waals surface area contributed by atoms with E-state index in [1.54, 1.807) is 40.8 Å². The third-order valence-electron chi connectivity index (χ3n) is 5.12. The first kappa shape index (κ1) is 18.9. The van der Waals surface area contributed by atoms with Crippen LogP contribution in [-0.2, 0) is 19.5 Å². The van der Waals surface area contributed by atoms with Crippen LogP contribution in [0.5, 0.6) is 5.75 Å². The molecule has 6 heteroatoms. The normalized spacial score (nSPS) is 12.6. The summed E-state index contributed by atoms with van der Waals surface area (Å²) in [5.74, 6) is 1.46. The number of fused-ring (bicyclic) bond motifs is 2. The Morgan fingerprint density at radius 2 is 2.07 bits per heavy atom. The number of aryl methyl sites for hydroxylation is 1. The van der Waals surface area contributed by atoms with Crippen molar-refractivity contribution in [2.45, 2.75) is 25.9 Å². The number of benzene rings is 2. The molecule has 0 spiro atoms. The Labute approximate surface area is 169 Å². The molecule has 6 nitrogen and oxygen atoms in total. The largest absolute Gasteiger partial charge is 0.490 e. The zero-order chi connectivity index (χ0) is 20.4. The second-order valence-corrected chi connectivity index (χ2v) is 7.23. The van der Waals surface area contributed by atoms with Gasteiger partial charge in [0.05, 0.1) is 10.9 Å². The predicted octanol–water partition coefficient (Wildman–Crippen LogP) is 3.18. The van der Waals surface area contributed by atoms with Gasteiger partial charge in [0.1, 0.15) is 18.2 Å². The van der Waals surface area contributed by atoms with Gasteiger partial charge in [0.15, 0.2) is 0 Å². The van der Waals surface area contributed by atoms with Gasteiger partial charge >= 0.3 is 0 Å². The van der Waals surface area contributed by atoms with E-state index in [1.165, 1.54) is 0 Å². The summed E-state index contributed by atoms with van der Waals surface area (Å²) in [6.45, 7) is 5.28. The van der Waals surface area contributed by atoms with Gasteiger partial charge in [-0.25, -0.2) is 4.98 Å². The van der Waals surface area contributed by atoms with E-state index in [4.69, 9.17) is 4.74 Å². The molecular formula is C23H23N3O3. The first-order valence-electron chi connectivity index (χ1n) is 9.68. The van der Waals surface area contributed by atoms with Crippen molar-refractivity contribution in [3.8, 4) is 5.75 Å². The molecule has 1 aromatic heterocycles. The first-order chi connectivity index (χ1) is 14.1. The molecule has 29 heavy (non-hydrogen) atoms. The van der Waals surface area contributed by atoms with E-state index in [1.807, 2.05) is 24.3 Å². The Morgan fingerprint density at radius 3 is 2.83 bits per heavy atom. The number of ether oxygens (including phenoxy) is 1. The maximum Gasteiger partial charge on any atom is 0.261 e. The van der Waals surface area contributed by atoms with Gasteiger partial charge in [0.25, 0.3) is 11.5 Å². The summed E-state index contributed by atoms with van der Waals surface area (Å²) in [6, 6.07) is 12.8. The van der Waals surface area contributed by atoms with Crippen molar-refractivity contribution in [2.75, 3.05) is 13.7 Å². The quantitative estimate of drug-likeness (QED) is 0.608. The van der Waals surface area contributed by atoms with E-state index < -0.39 is 0 Å². The minimum absolute atomic E-state index is 0.0198. The molecule has 1 aliphatic rings. The summed E-state index contributed by atoms with van der Waals surface area (Å²) in [7, 11) is 1.76. The Hall–Kier alpha value is -3.41. The second kappa shape index (κ2) is 7.91. The summed E-state index contributed by atoms with van der Waals surface area (Å²) >= 11 is 0. The van der Waals surface area contributed by atoms with Gasteiger partial charge in [0.2, 0.25) is 0 Å². The molecule has 0 fully saturated rings. The van der Waals surface area contributed by atoms with Gasteiger partial charge in [-0.2, -0.15) is 0 Å². The molecule has 1 amide bonds. The van der Waals surface area contributed by atoms with Crippen LogP contribution in [0.3, 0.4) is 0 Å². The lowest BCUT2D eigenvalue weighted by Crippen LogP contribution is -2.26. The zero-order valence-corrected chi connectivity index (χ0v) is 16.4. The molecular weight excluding hydrogens is 366 g/mol. The highest BCUT2D eigenvalue weighted by Gasteiger charge is 2.18. The van der Waals surface area contributed by atoms with Gasteiger partial charge < -0.3 is 9.64 Å². The van der Waals surface area contributed by atoms with E-state index in [0.29, 0.717) is 29.6 Å². The molecule has 0 saturated carbocycles. The van der Waals surface area contributed by atoms with Crippen LogP contribution in [0.1, 0.15) is 28.2 Å². The van der Waals surface area contributed by atoms with Crippen molar-refractivity contribution in [1.82, 2.24) is 14.5 Å². The molecule has 0 N–H and O–H groups in total. The summed E-state index contributed by atoms with van der Waals surface area (Å²) in [6.07, 6.45) is 3.43. The number of carbonyl (C=O) groups is 1. The minimum Gasteiger partial charge on any atom is -0.490 e. The zero-order valence-electron chi connectivity index (χ0n) is 16.4. The molecule has 3 aromatic rings. The fourth-order valence-electron chi connectivity index (χ4n) is 3.63. The molecule has 0 atom stereocenters. The van der Waals surface area contributed by atoms with E-state index in [0.717, 1.165) is 36.5 Å². The Kier molecular flexibility index (Phi) is 5.16. The van der Waals surface area contributed by atoms with Gasteiger partial charge in [-0.05, 0) is 42.3 Å². The van der Waals surface area contributed by atoms with E-state index in [2.05, 4.69) is 11.6 Å². The van der Waals surface area contributed by atoms with Crippen LogP contribution in [0, 0.1) is 0 Å². The average molecular weight is 389 g/mol. The van der Waals surface area contributed by atoms with E-state index in [-0.39, 0.29) is 11.5 Å². The van der Waals surface area contributed by atoms with Gasteiger partial charge in [-0.15, -0.1) is 0 Å². The van der Waals surface area contributed by atoms with Crippen LogP contribution in [-0.4, -0.2) is 34.0 Å². The van der Waals surface area contributed by atoms with Crippen molar-refractivity contribution >= 4 is 16.8 Å². The highest BCUT2D eigenvalue weighted by molar-refractivity contribution is 5.97. The molecule has 0 bridgehead atoms. The number of hydrogen-bond donors (Lipinski definition) is 0. The maximum atomic E-state index is 12.9. The van der Waals surface area contributed by atoms with Crippen LogP contribution in [0.2, 0.25) is 0 Å². The van der Waals surface area contributed by atoms with Crippen molar-refractivity contribution in [3.63, 3.8) is 0 Å². The molecule has 0 unspecified atom stereocenters. The van der Waals surface area contributed by atoms with Gasteiger partial charge in [0, 0.05) is 32.1 Å². The molecule has 1 aliphatic heterocycles. The number of aromatic nitrogens is 2. The maximum absolute atomic E-state index is 12.9. The number of rotatable bonds is 6. The van der Waals surface area contributed by atoms with Crippen molar-refractivity contribution in [1.29, 1.82) is 0 Å². The lowest BCUT2D eigenvalue weighted by molar-refractivity contribution is 0.0785. The molecule has 2 heterocycles. The van der Waals surface area contributed by atoms with Gasteiger partial charge in [-0.3, -0.25) is 14.2 Å². The number of carbonyl (C=O) groups excluding carboxylic acids is 1. The molecule has 2 aromatic carbocycles. The standard InChI is InChI=1S/C23H23N3O3/c1-3-13-29-18-9-6-16(7-10-18)15-25(2)22(27)17-8-11-19-20(14-17)24-21-5-4-12-26(21)23(19)28/h3,6-11,14H,1,4-5,12-13,15H2,2H3. The Balaban J connectivity index is 1.52. The van der Waals surface area contributed by atoms with Crippen LogP contribution in [0.4, 0.5) is 0 Å². The SMILES string of the molecule is C=CCOc1ccc(CN(C)C(=O)c2ccc3c(=O)n4c(nc3c2)CCC4)cc1. The molecule has 0 saturated heterocycles. The van der Waals surface area contributed by atoms with Crippen LogP contribution >= 0.6 is 0 Å². The molecule has 0 aliphatic carbocycles. The topological polar surface area (TPSA) is 64.4 Å². The van der Waals surface area contributed by atoms with Crippen molar-refractivity contribution < 1.29 is 9.53 Å². The second-order valence-electron chi connectivity index (χ2n) is 7.23. The fraction of sp³-hybridized carbons (Fsp3) is 0.261. The predicted molar refractivity (Wildman–Crippen MR) is 112 cm³/mol. The van der Waals surface area contributed by atoms with Crippen molar-refractivity contribution in [2.24, 2.45) is 0 Å². The smallest absolute Gasteiger partial charge is 0.261 e. The minimum atomic E-state index is -0.110. The monoisotopic (exact) mass is 389 g/mol. The summed E-state index contributed by atoms with van der Waals surface area (Å²) in [5, 5.41) is 0.560. The van der Waals surface area contributed by atoms with E-state index >= 15 is 0 Å². The lowest BCUT2D eigenvalue weighted by atomic mass is 10.1. The third-order valence-corrected chi connectivity index (χ3v) is 5.12.